The highest BCUT2D eigenvalue weighted by atomic mass is 16.4. The van der Waals surface area contributed by atoms with Crippen LogP contribution < -0.4 is 0 Å². The van der Waals surface area contributed by atoms with E-state index in [-0.39, 0.29) is 12.8 Å². The minimum absolute atomic E-state index is 0.0765. The Bertz CT molecular complexity index is 590. The monoisotopic (exact) mass is 303 g/mol. The third-order valence-corrected chi connectivity index (χ3v) is 4.08. The SMILES string of the molecule is CC(C)Cc1ccc(C(C)(C(=O)O)N2C(=O)CCC2=O)cc1. The number of amides is 2. The molecule has 0 radical (unpaired) electrons. The molecule has 1 N–H and O–H groups in total. The second kappa shape index (κ2) is 5.91. The van der Waals surface area contributed by atoms with Crippen LogP contribution in [0.5, 0.6) is 0 Å². The zero-order valence-electron chi connectivity index (χ0n) is 13.1. The van der Waals surface area contributed by atoms with E-state index in [9.17, 15) is 19.5 Å². The molecule has 5 heteroatoms. The summed E-state index contributed by atoms with van der Waals surface area (Å²) in [5.41, 5.74) is -0.109. The van der Waals surface area contributed by atoms with Gasteiger partial charge in [-0.1, -0.05) is 38.1 Å². The van der Waals surface area contributed by atoms with Crippen molar-refractivity contribution in [3.8, 4) is 0 Å². The van der Waals surface area contributed by atoms with E-state index in [1.165, 1.54) is 6.92 Å². The van der Waals surface area contributed by atoms with Gasteiger partial charge >= 0.3 is 5.97 Å². The number of benzene rings is 1. The quantitative estimate of drug-likeness (QED) is 0.847. The van der Waals surface area contributed by atoms with Crippen LogP contribution in [0.15, 0.2) is 24.3 Å². The molecular weight excluding hydrogens is 282 g/mol. The first-order chi connectivity index (χ1) is 10.3. The summed E-state index contributed by atoms with van der Waals surface area (Å²) in [5.74, 6) is -1.56. The molecule has 2 rings (SSSR count). The molecule has 1 aromatic carbocycles. The van der Waals surface area contributed by atoms with Gasteiger partial charge in [0.15, 0.2) is 5.54 Å². The molecule has 5 nitrogen and oxygen atoms in total. The van der Waals surface area contributed by atoms with E-state index in [2.05, 4.69) is 13.8 Å². The fourth-order valence-corrected chi connectivity index (χ4v) is 2.86. The summed E-state index contributed by atoms with van der Waals surface area (Å²) >= 11 is 0. The Labute approximate surface area is 129 Å². The van der Waals surface area contributed by atoms with Crippen molar-refractivity contribution >= 4 is 17.8 Å². The Morgan fingerprint density at radius 1 is 1.18 bits per heavy atom. The van der Waals surface area contributed by atoms with Gasteiger partial charge < -0.3 is 5.11 Å². The molecule has 22 heavy (non-hydrogen) atoms. The lowest BCUT2D eigenvalue weighted by Gasteiger charge is -2.33. The van der Waals surface area contributed by atoms with Crippen LogP contribution in [0.25, 0.3) is 0 Å². The van der Waals surface area contributed by atoms with Crippen LogP contribution in [-0.4, -0.2) is 27.8 Å². The van der Waals surface area contributed by atoms with Gasteiger partial charge in [0.2, 0.25) is 11.8 Å². The predicted octanol–water partition coefficient (Wildman–Crippen LogP) is 2.33. The summed E-state index contributed by atoms with van der Waals surface area (Å²) in [6, 6.07) is 7.12. The first-order valence-electron chi connectivity index (χ1n) is 7.45. The number of carbonyl (C=O) groups excluding carboxylic acids is 2. The van der Waals surface area contributed by atoms with Crippen molar-refractivity contribution in [2.75, 3.05) is 0 Å². The van der Waals surface area contributed by atoms with Crippen LogP contribution in [0.4, 0.5) is 0 Å². The smallest absolute Gasteiger partial charge is 0.334 e. The van der Waals surface area contributed by atoms with Gasteiger partial charge in [-0.25, -0.2) is 4.79 Å². The first-order valence-corrected chi connectivity index (χ1v) is 7.45. The third-order valence-electron chi connectivity index (χ3n) is 4.08. The summed E-state index contributed by atoms with van der Waals surface area (Å²) in [6.07, 6.45) is 1.05. The molecule has 1 aliphatic rings. The zero-order chi connectivity index (χ0) is 16.5. The largest absolute Gasteiger partial charge is 0.479 e. The number of likely N-dealkylation sites (tertiary alicyclic amines) is 1. The molecule has 1 unspecified atom stereocenters. The lowest BCUT2D eigenvalue weighted by molar-refractivity contribution is -0.162. The standard InChI is InChI=1S/C17H21NO4/c1-11(2)10-12-4-6-13(7-5-12)17(3,16(21)22)18-14(19)8-9-15(18)20/h4-7,11H,8-10H2,1-3H3,(H,21,22). The number of aliphatic carboxylic acids is 1. The average molecular weight is 303 g/mol. The van der Waals surface area contributed by atoms with Crippen molar-refractivity contribution < 1.29 is 19.5 Å². The molecular formula is C17H21NO4. The fraction of sp³-hybridized carbons (Fsp3) is 0.471. The lowest BCUT2D eigenvalue weighted by atomic mass is 9.88. The molecule has 2 amide bonds. The maximum Gasteiger partial charge on any atom is 0.334 e. The van der Waals surface area contributed by atoms with Gasteiger partial charge in [-0.3, -0.25) is 14.5 Å². The Hall–Kier alpha value is -2.17. The molecule has 0 aromatic heterocycles. The predicted molar refractivity (Wildman–Crippen MR) is 81.1 cm³/mol. The van der Waals surface area contributed by atoms with E-state index in [0.29, 0.717) is 11.5 Å². The minimum atomic E-state index is -1.65. The molecule has 1 heterocycles. The topological polar surface area (TPSA) is 74.7 Å². The number of nitrogens with zero attached hydrogens (tertiary/aromatic N) is 1. The molecule has 0 bridgehead atoms. The maximum atomic E-state index is 12.0. The Morgan fingerprint density at radius 2 is 1.68 bits per heavy atom. The number of rotatable bonds is 5. The van der Waals surface area contributed by atoms with Gasteiger partial charge in [-0.2, -0.15) is 0 Å². The van der Waals surface area contributed by atoms with Crippen molar-refractivity contribution in [1.82, 2.24) is 4.90 Å². The third kappa shape index (κ3) is 2.75. The summed E-state index contributed by atoms with van der Waals surface area (Å²) in [5, 5.41) is 9.65. The van der Waals surface area contributed by atoms with Crippen LogP contribution in [0, 0.1) is 5.92 Å². The van der Waals surface area contributed by atoms with Crippen LogP contribution in [-0.2, 0) is 26.3 Å². The summed E-state index contributed by atoms with van der Waals surface area (Å²) in [4.78, 5) is 36.6. The second-order valence-electron chi connectivity index (χ2n) is 6.30. The molecule has 1 aliphatic heterocycles. The van der Waals surface area contributed by atoms with Gasteiger partial charge in [0.1, 0.15) is 0 Å². The molecule has 1 fully saturated rings. The van der Waals surface area contributed by atoms with Crippen molar-refractivity contribution in [2.45, 2.75) is 45.6 Å². The van der Waals surface area contributed by atoms with Gasteiger partial charge in [-0.05, 0) is 30.4 Å². The number of carbonyl (C=O) groups is 3. The molecule has 1 atom stereocenters. The Kier molecular flexibility index (Phi) is 4.35. The maximum absolute atomic E-state index is 12.0. The summed E-state index contributed by atoms with van der Waals surface area (Å²) < 4.78 is 0. The molecule has 0 aliphatic carbocycles. The van der Waals surface area contributed by atoms with Crippen LogP contribution >= 0.6 is 0 Å². The van der Waals surface area contributed by atoms with E-state index in [0.717, 1.165) is 16.9 Å². The summed E-state index contributed by atoms with van der Waals surface area (Å²) in [6.45, 7) is 5.63. The van der Waals surface area contributed by atoms with E-state index >= 15 is 0 Å². The zero-order valence-corrected chi connectivity index (χ0v) is 13.1. The van der Waals surface area contributed by atoms with Crippen LogP contribution in [0.1, 0.15) is 44.7 Å². The molecule has 1 aromatic rings. The van der Waals surface area contributed by atoms with E-state index in [1.54, 1.807) is 12.1 Å². The minimum Gasteiger partial charge on any atom is -0.479 e. The Morgan fingerprint density at radius 3 is 2.09 bits per heavy atom. The highest BCUT2D eigenvalue weighted by Gasteiger charge is 2.49. The van der Waals surface area contributed by atoms with Gasteiger partial charge in [0.05, 0.1) is 0 Å². The van der Waals surface area contributed by atoms with Crippen molar-refractivity contribution in [1.29, 1.82) is 0 Å². The highest BCUT2D eigenvalue weighted by molar-refractivity contribution is 6.06. The normalized spacial score (nSPS) is 17.9. The summed E-state index contributed by atoms with van der Waals surface area (Å²) in [7, 11) is 0. The number of carboxylic acid groups (broad SMARTS) is 1. The van der Waals surface area contributed by atoms with Gasteiger partial charge in [0.25, 0.3) is 0 Å². The van der Waals surface area contributed by atoms with Crippen LogP contribution in [0.3, 0.4) is 0 Å². The van der Waals surface area contributed by atoms with Crippen LogP contribution in [0.2, 0.25) is 0 Å². The molecule has 1 saturated heterocycles. The van der Waals surface area contributed by atoms with Gasteiger partial charge in [-0.15, -0.1) is 0 Å². The second-order valence-corrected chi connectivity index (χ2v) is 6.30. The number of imide groups is 1. The van der Waals surface area contributed by atoms with Crippen molar-refractivity contribution in [2.24, 2.45) is 5.92 Å². The van der Waals surface area contributed by atoms with E-state index in [4.69, 9.17) is 0 Å². The number of hydrogen-bond donors (Lipinski definition) is 1. The lowest BCUT2D eigenvalue weighted by Crippen LogP contribution is -2.52. The number of hydrogen-bond acceptors (Lipinski definition) is 3. The molecule has 0 saturated carbocycles. The molecule has 0 spiro atoms. The number of carboxylic acids is 1. The highest BCUT2D eigenvalue weighted by Crippen LogP contribution is 2.33. The van der Waals surface area contributed by atoms with E-state index < -0.39 is 23.3 Å². The van der Waals surface area contributed by atoms with Crippen molar-refractivity contribution in [3.05, 3.63) is 35.4 Å². The fourth-order valence-electron chi connectivity index (χ4n) is 2.86. The van der Waals surface area contributed by atoms with Crippen molar-refractivity contribution in [3.63, 3.8) is 0 Å². The Balaban J connectivity index is 2.41. The first kappa shape index (κ1) is 16.2. The average Bonchev–Trinajstić information content (AvgIpc) is 2.77. The van der Waals surface area contributed by atoms with Gasteiger partial charge in [0, 0.05) is 12.8 Å². The van der Waals surface area contributed by atoms with E-state index in [1.807, 2.05) is 12.1 Å². The molecule has 118 valence electrons.